The van der Waals surface area contributed by atoms with Gasteiger partial charge in [-0.25, -0.2) is 0 Å². The predicted molar refractivity (Wildman–Crippen MR) is 77.9 cm³/mol. The fourth-order valence-electron chi connectivity index (χ4n) is 2.76. The molecule has 2 N–H and O–H groups in total. The number of morpholine rings is 1. The molecule has 2 atom stereocenters. The van der Waals surface area contributed by atoms with Crippen molar-refractivity contribution in [1.82, 2.24) is 4.90 Å². The van der Waals surface area contributed by atoms with E-state index in [0.717, 1.165) is 38.9 Å². The van der Waals surface area contributed by atoms with Gasteiger partial charge in [0.05, 0.1) is 12.7 Å². The summed E-state index contributed by atoms with van der Waals surface area (Å²) in [5, 5.41) is 0. The summed E-state index contributed by atoms with van der Waals surface area (Å²) in [4.78, 5) is 14.2. The Labute approximate surface area is 117 Å². The lowest BCUT2D eigenvalue weighted by Crippen LogP contribution is -2.45. The Bertz CT molecular complexity index is 253. The van der Waals surface area contributed by atoms with E-state index in [1.165, 1.54) is 12.8 Å². The Morgan fingerprint density at radius 2 is 2.16 bits per heavy atom. The number of rotatable bonds is 8. The molecule has 1 rings (SSSR count). The SMILES string of the molecule is CCCC(CCN)CCC(=O)N1CCOC(CC)C1. The van der Waals surface area contributed by atoms with E-state index in [9.17, 15) is 4.79 Å². The highest BCUT2D eigenvalue weighted by molar-refractivity contribution is 5.76. The highest BCUT2D eigenvalue weighted by Crippen LogP contribution is 2.18. The molecule has 0 aromatic heterocycles. The Kier molecular flexibility index (Phi) is 8.07. The summed E-state index contributed by atoms with van der Waals surface area (Å²) in [5.41, 5.74) is 5.63. The quantitative estimate of drug-likeness (QED) is 0.735. The summed E-state index contributed by atoms with van der Waals surface area (Å²) in [6.07, 6.45) is 6.27. The van der Waals surface area contributed by atoms with Gasteiger partial charge in [-0.05, 0) is 31.7 Å². The molecule has 0 aromatic carbocycles. The molecule has 2 unspecified atom stereocenters. The van der Waals surface area contributed by atoms with Crippen molar-refractivity contribution in [2.45, 2.75) is 58.5 Å². The second-order valence-electron chi connectivity index (χ2n) is 5.51. The molecule has 1 amide bonds. The van der Waals surface area contributed by atoms with Crippen LogP contribution in [0.15, 0.2) is 0 Å². The summed E-state index contributed by atoms with van der Waals surface area (Å²) in [5.74, 6) is 0.904. The molecule has 0 spiro atoms. The molecule has 0 bridgehead atoms. The zero-order chi connectivity index (χ0) is 14.1. The minimum absolute atomic E-state index is 0.230. The minimum Gasteiger partial charge on any atom is -0.375 e. The number of carbonyl (C=O) groups excluding carboxylic acids is 1. The summed E-state index contributed by atoms with van der Waals surface area (Å²) >= 11 is 0. The van der Waals surface area contributed by atoms with Crippen molar-refractivity contribution in [1.29, 1.82) is 0 Å². The van der Waals surface area contributed by atoms with Crippen LogP contribution >= 0.6 is 0 Å². The van der Waals surface area contributed by atoms with Crippen LogP contribution in [0.5, 0.6) is 0 Å². The first-order valence-electron chi connectivity index (χ1n) is 7.80. The third kappa shape index (κ3) is 5.91. The highest BCUT2D eigenvalue weighted by atomic mass is 16.5. The van der Waals surface area contributed by atoms with Gasteiger partial charge in [-0.15, -0.1) is 0 Å². The molecule has 4 heteroatoms. The van der Waals surface area contributed by atoms with Crippen LogP contribution in [0.4, 0.5) is 0 Å². The molecular formula is C15H30N2O2. The molecule has 0 radical (unpaired) electrons. The van der Waals surface area contributed by atoms with E-state index in [1.54, 1.807) is 0 Å². The number of amides is 1. The average Bonchev–Trinajstić information content (AvgIpc) is 2.45. The second-order valence-corrected chi connectivity index (χ2v) is 5.51. The molecule has 1 heterocycles. The third-order valence-electron chi connectivity index (χ3n) is 3.99. The van der Waals surface area contributed by atoms with Crippen molar-refractivity contribution in [3.63, 3.8) is 0 Å². The number of hydrogen-bond donors (Lipinski definition) is 1. The lowest BCUT2D eigenvalue weighted by atomic mass is 9.94. The van der Waals surface area contributed by atoms with Gasteiger partial charge in [0.1, 0.15) is 0 Å². The number of ether oxygens (including phenoxy) is 1. The van der Waals surface area contributed by atoms with Crippen molar-refractivity contribution >= 4 is 5.91 Å². The Balaban J connectivity index is 2.32. The van der Waals surface area contributed by atoms with Gasteiger partial charge >= 0.3 is 0 Å². The largest absolute Gasteiger partial charge is 0.375 e. The maximum atomic E-state index is 12.2. The summed E-state index contributed by atoms with van der Waals surface area (Å²) in [6.45, 7) is 7.24. The predicted octanol–water partition coefficient (Wildman–Crippen LogP) is 2.17. The van der Waals surface area contributed by atoms with Gasteiger partial charge in [0.15, 0.2) is 0 Å². The Morgan fingerprint density at radius 1 is 1.37 bits per heavy atom. The zero-order valence-corrected chi connectivity index (χ0v) is 12.6. The molecule has 0 aromatic rings. The molecule has 1 fully saturated rings. The highest BCUT2D eigenvalue weighted by Gasteiger charge is 2.23. The number of nitrogens with two attached hydrogens (primary N) is 1. The van der Waals surface area contributed by atoms with Gasteiger partial charge in [0.25, 0.3) is 0 Å². The molecule has 112 valence electrons. The van der Waals surface area contributed by atoms with Crippen LogP contribution in [0.25, 0.3) is 0 Å². The molecule has 1 saturated heterocycles. The molecule has 1 aliphatic heterocycles. The van der Waals surface area contributed by atoms with Crippen LogP contribution in [0.3, 0.4) is 0 Å². The van der Waals surface area contributed by atoms with Crippen LogP contribution in [0.2, 0.25) is 0 Å². The third-order valence-corrected chi connectivity index (χ3v) is 3.99. The first-order valence-corrected chi connectivity index (χ1v) is 7.80. The van der Waals surface area contributed by atoms with Gasteiger partial charge in [-0.1, -0.05) is 26.7 Å². The van der Waals surface area contributed by atoms with E-state index < -0.39 is 0 Å². The van der Waals surface area contributed by atoms with Crippen molar-refractivity contribution < 1.29 is 9.53 Å². The van der Waals surface area contributed by atoms with Gasteiger partial charge in [-0.3, -0.25) is 4.79 Å². The first-order chi connectivity index (χ1) is 9.21. The number of nitrogens with zero attached hydrogens (tertiary/aromatic N) is 1. The van der Waals surface area contributed by atoms with Crippen LogP contribution < -0.4 is 5.73 Å². The smallest absolute Gasteiger partial charge is 0.222 e. The monoisotopic (exact) mass is 270 g/mol. The van der Waals surface area contributed by atoms with E-state index >= 15 is 0 Å². The lowest BCUT2D eigenvalue weighted by molar-refractivity contribution is -0.139. The van der Waals surface area contributed by atoms with Gasteiger partial charge in [-0.2, -0.15) is 0 Å². The zero-order valence-electron chi connectivity index (χ0n) is 12.6. The van der Waals surface area contributed by atoms with E-state index in [4.69, 9.17) is 10.5 Å². The number of carbonyl (C=O) groups is 1. The minimum atomic E-state index is 0.230. The lowest BCUT2D eigenvalue weighted by Gasteiger charge is -2.33. The van der Waals surface area contributed by atoms with Gasteiger partial charge < -0.3 is 15.4 Å². The maximum absolute atomic E-state index is 12.2. The fourth-order valence-corrected chi connectivity index (χ4v) is 2.76. The van der Waals surface area contributed by atoms with E-state index in [0.29, 0.717) is 24.9 Å². The van der Waals surface area contributed by atoms with E-state index in [2.05, 4.69) is 13.8 Å². The molecular weight excluding hydrogens is 240 g/mol. The van der Waals surface area contributed by atoms with Crippen LogP contribution in [0.1, 0.15) is 52.4 Å². The standard InChI is InChI=1S/C15H30N2O2/c1-3-5-13(8-9-16)6-7-15(18)17-10-11-19-14(4-2)12-17/h13-14H,3-12,16H2,1-2H3. The Morgan fingerprint density at radius 3 is 2.79 bits per heavy atom. The number of hydrogen-bond acceptors (Lipinski definition) is 3. The second kappa shape index (κ2) is 9.32. The van der Waals surface area contributed by atoms with Crippen LogP contribution in [0, 0.1) is 5.92 Å². The average molecular weight is 270 g/mol. The first kappa shape index (κ1) is 16.4. The Hall–Kier alpha value is -0.610. The van der Waals surface area contributed by atoms with Crippen molar-refractivity contribution in [3.8, 4) is 0 Å². The summed E-state index contributed by atoms with van der Waals surface area (Å²) < 4.78 is 5.60. The van der Waals surface area contributed by atoms with Crippen molar-refractivity contribution in [2.75, 3.05) is 26.2 Å². The van der Waals surface area contributed by atoms with Crippen LogP contribution in [-0.2, 0) is 9.53 Å². The molecule has 1 aliphatic rings. The van der Waals surface area contributed by atoms with Crippen LogP contribution in [-0.4, -0.2) is 43.2 Å². The molecule has 0 aliphatic carbocycles. The summed E-state index contributed by atoms with van der Waals surface area (Å²) in [6, 6.07) is 0. The van der Waals surface area contributed by atoms with Gasteiger partial charge in [0, 0.05) is 19.5 Å². The van der Waals surface area contributed by atoms with Gasteiger partial charge in [0.2, 0.25) is 5.91 Å². The van der Waals surface area contributed by atoms with E-state index in [1.807, 2.05) is 4.90 Å². The van der Waals surface area contributed by atoms with Crippen molar-refractivity contribution in [2.24, 2.45) is 11.7 Å². The topological polar surface area (TPSA) is 55.6 Å². The summed E-state index contributed by atoms with van der Waals surface area (Å²) in [7, 11) is 0. The van der Waals surface area contributed by atoms with E-state index in [-0.39, 0.29) is 6.10 Å². The molecule has 19 heavy (non-hydrogen) atoms. The van der Waals surface area contributed by atoms with Crippen molar-refractivity contribution in [3.05, 3.63) is 0 Å². The normalized spacial score (nSPS) is 21.4. The fraction of sp³-hybridized carbons (Fsp3) is 0.933. The molecule has 4 nitrogen and oxygen atoms in total. The maximum Gasteiger partial charge on any atom is 0.222 e. The molecule has 0 saturated carbocycles.